The van der Waals surface area contributed by atoms with Crippen molar-refractivity contribution in [2.24, 2.45) is 10.1 Å². The Morgan fingerprint density at radius 1 is 1.30 bits per heavy atom. The van der Waals surface area contributed by atoms with Crippen molar-refractivity contribution < 1.29 is 13.9 Å². The Morgan fingerprint density at radius 3 is 2.67 bits per heavy atom. The lowest BCUT2D eigenvalue weighted by Gasteiger charge is -2.16. The van der Waals surface area contributed by atoms with Crippen LogP contribution < -0.4 is 5.43 Å². The molecule has 142 valence electrons. The summed E-state index contributed by atoms with van der Waals surface area (Å²) in [4.78, 5) is 20.0. The van der Waals surface area contributed by atoms with E-state index in [2.05, 4.69) is 20.5 Å². The van der Waals surface area contributed by atoms with Gasteiger partial charge in [-0.3, -0.25) is 10.4 Å². The van der Waals surface area contributed by atoms with Gasteiger partial charge in [0.15, 0.2) is 5.17 Å². The highest BCUT2D eigenvalue weighted by Gasteiger charge is 2.26. The fraction of sp³-hybridized carbons (Fsp3) is 0.316. The van der Waals surface area contributed by atoms with Gasteiger partial charge in [0.05, 0.1) is 24.4 Å². The van der Waals surface area contributed by atoms with E-state index in [4.69, 9.17) is 4.74 Å². The zero-order valence-corrected chi connectivity index (χ0v) is 16.2. The van der Waals surface area contributed by atoms with E-state index in [9.17, 15) is 9.18 Å². The number of carbonyl (C=O) groups is 1. The molecular weight excluding hydrogens is 367 g/mol. The van der Waals surface area contributed by atoms with Gasteiger partial charge in [-0.15, -0.1) is 0 Å². The number of aryl methyl sites for hydroxylation is 2. The zero-order chi connectivity index (χ0) is 19.4. The normalized spacial score (nSPS) is 15.4. The van der Waals surface area contributed by atoms with Crippen molar-refractivity contribution in [1.82, 2.24) is 10.4 Å². The van der Waals surface area contributed by atoms with Crippen LogP contribution in [0, 0.1) is 19.7 Å². The summed E-state index contributed by atoms with van der Waals surface area (Å²) in [6, 6.07) is 6.25. The summed E-state index contributed by atoms with van der Waals surface area (Å²) in [6.45, 7) is 6.31. The standard InChI is InChI=1S/C19H21FN4O2S/c1-4-26-18(25)17-12(3)22-11(2)16(17)15-10-27-19(24-23-15)21-9-13-5-7-14(20)8-6-13/h5-8,22H,4,9-10H2,1-3H3,(H,21,24). The molecular formula is C19H21FN4O2S. The zero-order valence-electron chi connectivity index (χ0n) is 15.4. The van der Waals surface area contributed by atoms with Crippen LogP contribution in [0.5, 0.6) is 0 Å². The van der Waals surface area contributed by atoms with Crippen LogP contribution in [-0.2, 0) is 11.3 Å². The van der Waals surface area contributed by atoms with E-state index >= 15 is 0 Å². The SMILES string of the molecule is CCOC(=O)c1c(C)[nH]c(C)c1C1=NNC(=NCc2ccc(F)cc2)SC1. The summed E-state index contributed by atoms with van der Waals surface area (Å²) >= 11 is 1.51. The van der Waals surface area contributed by atoms with Crippen molar-refractivity contribution in [3.63, 3.8) is 0 Å². The van der Waals surface area contributed by atoms with E-state index in [0.717, 1.165) is 28.2 Å². The highest BCUT2D eigenvalue weighted by atomic mass is 32.2. The first-order valence-corrected chi connectivity index (χ1v) is 9.59. The molecule has 0 saturated heterocycles. The van der Waals surface area contributed by atoms with Crippen molar-refractivity contribution in [2.45, 2.75) is 27.3 Å². The molecule has 8 heteroatoms. The number of halogens is 1. The largest absolute Gasteiger partial charge is 0.462 e. The minimum atomic E-state index is -0.349. The predicted molar refractivity (Wildman–Crippen MR) is 106 cm³/mol. The quantitative estimate of drug-likeness (QED) is 0.768. The second kappa shape index (κ2) is 8.39. The van der Waals surface area contributed by atoms with Crippen LogP contribution in [0.15, 0.2) is 34.4 Å². The molecule has 3 rings (SSSR count). The summed E-state index contributed by atoms with van der Waals surface area (Å²) < 4.78 is 18.1. The van der Waals surface area contributed by atoms with Crippen molar-refractivity contribution >= 4 is 28.6 Å². The number of aromatic amines is 1. The third kappa shape index (κ3) is 4.39. The fourth-order valence-corrected chi connectivity index (χ4v) is 3.63. The van der Waals surface area contributed by atoms with Crippen LogP contribution in [-0.4, -0.2) is 34.2 Å². The molecule has 0 atom stereocenters. The van der Waals surface area contributed by atoms with E-state index < -0.39 is 0 Å². The number of hydrogen-bond acceptors (Lipinski definition) is 5. The molecule has 0 fully saturated rings. The Balaban J connectivity index is 1.76. The molecule has 0 saturated carbocycles. The molecule has 0 unspecified atom stereocenters. The lowest BCUT2D eigenvalue weighted by atomic mass is 10.1. The van der Waals surface area contributed by atoms with Crippen molar-refractivity contribution in [3.05, 3.63) is 58.2 Å². The summed E-state index contributed by atoms with van der Waals surface area (Å²) in [7, 11) is 0. The van der Waals surface area contributed by atoms with Gasteiger partial charge in [0, 0.05) is 22.7 Å². The number of thioether (sulfide) groups is 1. The number of nitrogens with one attached hydrogen (secondary N) is 2. The van der Waals surface area contributed by atoms with Crippen LogP contribution in [0.1, 0.15) is 39.8 Å². The third-order valence-corrected chi connectivity index (χ3v) is 5.01. The molecule has 0 aliphatic carbocycles. The van der Waals surface area contributed by atoms with Gasteiger partial charge in [0.1, 0.15) is 5.82 Å². The Bertz CT molecular complexity index is 903. The molecule has 0 spiro atoms. The highest BCUT2D eigenvalue weighted by Crippen LogP contribution is 2.24. The average molecular weight is 388 g/mol. The van der Waals surface area contributed by atoms with Crippen LogP contribution in [0.25, 0.3) is 0 Å². The van der Waals surface area contributed by atoms with Crippen LogP contribution in [0.2, 0.25) is 0 Å². The van der Waals surface area contributed by atoms with E-state index in [1.807, 2.05) is 13.8 Å². The molecule has 1 aromatic heterocycles. The van der Waals surface area contributed by atoms with Gasteiger partial charge in [-0.2, -0.15) is 5.10 Å². The van der Waals surface area contributed by atoms with E-state index in [-0.39, 0.29) is 11.8 Å². The molecule has 2 heterocycles. The Hall–Kier alpha value is -2.61. The number of hydrazone groups is 1. The molecule has 2 aromatic rings. The molecule has 0 radical (unpaired) electrons. The maximum absolute atomic E-state index is 13.0. The first-order valence-electron chi connectivity index (χ1n) is 8.60. The second-order valence-corrected chi connectivity index (χ2v) is 7.02. The van der Waals surface area contributed by atoms with Gasteiger partial charge >= 0.3 is 5.97 Å². The summed E-state index contributed by atoms with van der Waals surface area (Å²) in [5, 5.41) is 5.10. The van der Waals surface area contributed by atoms with E-state index in [1.54, 1.807) is 19.1 Å². The summed E-state index contributed by atoms with van der Waals surface area (Å²) in [6.07, 6.45) is 0. The Kier molecular flexibility index (Phi) is 5.95. The number of rotatable bonds is 5. The number of aromatic nitrogens is 1. The summed E-state index contributed by atoms with van der Waals surface area (Å²) in [5.41, 5.74) is 7.59. The number of H-pyrrole nitrogens is 1. The van der Waals surface area contributed by atoms with Gasteiger partial charge in [-0.25, -0.2) is 9.18 Å². The smallest absolute Gasteiger partial charge is 0.340 e. The number of aliphatic imine (C=N–C) groups is 1. The lowest BCUT2D eigenvalue weighted by Crippen LogP contribution is -2.27. The summed E-state index contributed by atoms with van der Waals surface area (Å²) in [5.74, 6) is -0.0296. The molecule has 6 nitrogen and oxygen atoms in total. The second-order valence-electron chi connectivity index (χ2n) is 6.05. The number of esters is 1. The van der Waals surface area contributed by atoms with Gasteiger partial charge in [0.25, 0.3) is 0 Å². The van der Waals surface area contributed by atoms with Gasteiger partial charge in [0.2, 0.25) is 0 Å². The first-order chi connectivity index (χ1) is 13.0. The van der Waals surface area contributed by atoms with Crippen molar-refractivity contribution in [3.8, 4) is 0 Å². The molecule has 0 bridgehead atoms. The molecule has 2 N–H and O–H groups in total. The highest BCUT2D eigenvalue weighted by molar-refractivity contribution is 8.14. The number of benzene rings is 1. The maximum atomic E-state index is 13.0. The maximum Gasteiger partial charge on any atom is 0.340 e. The number of carbonyl (C=O) groups excluding carboxylic acids is 1. The van der Waals surface area contributed by atoms with Crippen LogP contribution in [0.3, 0.4) is 0 Å². The Morgan fingerprint density at radius 2 is 2.04 bits per heavy atom. The van der Waals surface area contributed by atoms with Gasteiger partial charge in [-0.05, 0) is 38.5 Å². The number of hydrogen-bond donors (Lipinski definition) is 2. The van der Waals surface area contributed by atoms with Crippen LogP contribution >= 0.6 is 11.8 Å². The minimum Gasteiger partial charge on any atom is -0.462 e. The number of ether oxygens (including phenoxy) is 1. The number of nitrogens with zero attached hydrogens (tertiary/aromatic N) is 2. The number of amidine groups is 1. The molecule has 27 heavy (non-hydrogen) atoms. The molecule has 1 aromatic carbocycles. The molecule has 1 aliphatic rings. The molecule has 0 amide bonds. The topological polar surface area (TPSA) is 78.8 Å². The third-order valence-electron chi connectivity index (χ3n) is 4.09. The van der Waals surface area contributed by atoms with Gasteiger partial charge < -0.3 is 9.72 Å². The van der Waals surface area contributed by atoms with Crippen LogP contribution in [0.4, 0.5) is 4.39 Å². The van der Waals surface area contributed by atoms with Crippen molar-refractivity contribution in [1.29, 1.82) is 0 Å². The lowest BCUT2D eigenvalue weighted by molar-refractivity contribution is 0.0525. The van der Waals surface area contributed by atoms with E-state index in [0.29, 0.717) is 29.6 Å². The predicted octanol–water partition coefficient (Wildman–Crippen LogP) is 3.54. The molecule has 1 aliphatic heterocycles. The first kappa shape index (κ1) is 19.2. The fourth-order valence-electron chi connectivity index (χ4n) is 2.88. The van der Waals surface area contributed by atoms with E-state index in [1.165, 1.54) is 23.9 Å². The Labute approximate surface area is 161 Å². The van der Waals surface area contributed by atoms with Crippen molar-refractivity contribution in [2.75, 3.05) is 12.4 Å². The van der Waals surface area contributed by atoms with Gasteiger partial charge in [-0.1, -0.05) is 23.9 Å². The minimum absolute atomic E-state index is 0.264. The monoisotopic (exact) mass is 388 g/mol. The average Bonchev–Trinajstić information content (AvgIpc) is 2.96.